The zero-order valence-corrected chi connectivity index (χ0v) is 16.6. The number of aryl methyl sites for hydroxylation is 1. The summed E-state index contributed by atoms with van der Waals surface area (Å²) in [6.45, 7) is 2.25. The van der Waals surface area contributed by atoms with Gasteiger partial charge in [0.05, 0.1) is 17.2 Å². The van der Waals surface area contributed by atoms with E-state index >= 15 is 0 Å². The van der Waals surface area contributed by atoms with Gasteiger partial charge >= 0.3 is 5.97 Å². The summed E-state index contributed by atoms with van der Waals surface area (Å²) >= 11 is 0.527. The summed E-state index contributed by atoms with van der Waals surface area (Å²) in [6.07, 6.45) is 2.67. The Balaban J connectivity index is 1.80. The van der Waals surface area contributed by atoms with Gasteiger partial charge in [-0.25, -0.2) is 4.79 Å². The zero-order chi connectivity index (χ0) is 20.7. The van der Waals surface area contributed by atoms with Crippen molar-refractivity contribution in [2.45, 2.75) is 32.2 Å². The average Bonchev–Trinajstić information content (AvgIpc) is 3.00. The summed E-state index contributed by atoms with van der Waals surface area (Å²) < 4.78 is 0. The maximum Gasteiger partial charge on any atom is 0.336 e. The second-order valence-corrected chi connectivity index (χ2v) is 8.07. The van der Waals surface area contributed by atoms with Crippen LogP contribution in [0.2, 0.25) is 0 Å². The number of benzene rings is 2. The first kappa shape index (κ1) is 19.4. The van der Waals surface area contributed by atoms with E-state index in [1.165, 1.54) is 11.6 Å². The molecule has 0 bridgehead atoms. The van der Waals surface area contributed by atoms with Gasteiger partial charge < -0.3 is 10.0 Å². The maximum absolute atomic E-state index is 13.5. The van der Waals surface area contributed by atoms with Gasteiger partial charge in [0.25, 0.3) is 5.91 Å². The van der Waals surface area contributed by atoms with Crippen LogP contribution in [0.5, 0.6) is 0 Å². The highest BCUT2D eigenvalue weighted by Crippen LogP contribution is 2.37. The van der Waals surface area contributed by atoms with Gasteiger partial charge in [-0.3, -0.25) is 14.4 Å². The SMILES string of the molecule is CCN(C(=O)c1cc2c(cc1C(=O)O)C(=O)SC2=O)[C@H]1CCCc2ccccc21. The molecule has 7 heteroatoms. The van der Waals surface area contributed by atoms with E-state index in [-0.39, 0.29) is 28.3 Å². The van der Waals surface area contributed by atoms with Gasteiger partial charge in [-0.05, 0) is 61.2 Å². The number of carbonyl (C=O) groups excluding carboxylic acids is 3. The fraction of sp³-hybridized carbons (Fsp3) is 0.273. The third-order valence-corrected chi connectivity index (χ3v) is 6.37. The predicted octanol–water partition coefficient (Wildman–Crippen LogP) is 3.95. The van der Waals surface area contributed by atoms with E-state index in [0.29, 0.717) is 18.3 Å². The van der Waals surface area contributed by atoms with Crippen molar-refractivity contribution in [3.05, 3.63) is 69.8 Å². The molecule has 1 heterocycles. The Morgan fingerprint density at radius 2 is 1.76 bits per heavy atom. The number of aromatic carboxylic acids is 1. The van der Waals surface area contributed by atoms with Gasteiger partial charge in [0.15, 0.2) is 0 Å². The molecular formula is C22H19NO5S. The molecule has 1 aliphatic carbocycles. The molecule has 0 spiro atoms. The lowest BCUT2D eigenvalue weighted by molar-refractivity contribution is 0.0638. The van der Waals surface area contributed by atoms with E-state index in [9.17, 15) is 24.3 Å². The first-order valence-corrected chi connectivity index (χ1v) is 10.3. The highest BCUT2D eigenvalue weighted by Gasteiger charge is 2.35. The molecule has 1 atom stereocenters. The van der Waals surface area contributed by atoms with Gasteiger partial charge in [-0.15, -0.1) is 0 Å². The van der Waals surface area contributed by atoms with Gasteiger partial charge in [-0.2, -0.15) is 0 Å². The molecule has 4 rings (SSSR count). The maximum atomic E-state index is 13.5. The van der Waals surface area contributed by atoms with Crippen LogP contribution in [0.15, 0.2) is 36.4 Å². The fourth-order valence-electron chi connectivity index (χ4n) is 4.20. The Hall–Kier alpha value is -2.93. The summed E-state index contributed by atoms with van der Waals surface area (Å²) in [5, 5.41) is 8.70. The molecule has 1 aliphatic heterocycles. The molecule has 1 amide bonds. The first-order valence-electron chi connectivity index (χ1n) is 9.49. The predicted molar refractivity (Wildman–Crippen MR) is 108 cm³/mol. The molecule has 1 N–H and O–H groups in total. The lowest BCUT2D eigenvalue weighted by Gasteiger charge is -2.35. The Kier molecular flexibility index (Phi) is 5.00. The van der Waals surface area contributed by atoms with Crippen molar-refractivity contribution in [2.24, 2.45) is 0 Å². The molecule has 0 saturated carbocycles. The molecule has 6 nitrogen and oxygen atoms in total. The Morgan fingerprint density at radius 1 is 1.10 bits per heavy atom. The van der Waals surface area contributed by atoms with E-state index in [2.05, 4.69) is 6.07 Å². The van der Waals surface area contributed by atoms with E-state index in [4.69, 9.17) is 0 Å². The summed E-state index contributed by atoms with van der Waals surface area (Å²) in [7, 11) is 0. The fourth-order valence-corrected chi connectivity index (χ4v) is 4.92. The standard InChI is InChI=1S/C22H19NO5S/c1-2-23(18-9-5-7-12-6-3-4-8-13(12)18)19(24)14-10-16-17(11-15(14)20(25)26)22(28)29-21(16)27/h3-4,6,8,10-11,18H,2,5,7,9H2,1H3,(H,25,26)/t18-/m0/s1. The highest BCUT2D eigenvalue weighted by atomic mass is 32.2. The number of carbonyl (C=O) groups is 4. The minimum atomic E-state index is -1.30. The molecule has 0 unspecified atom stereocenters. The van der Waals surface area contributed by atoms with Crippen molar-refractivity contribution in [1.29, 1.82) is 0 Å². The van der Waals surface area contributed by atoms with Crippen molar-refractivity contribution in [2.75, 3.05) is 6.54 Å². The number of thioether (sulfide) groups is 1. The van der Waals surface area contributed by atoms with Crippen molar-refractivity contribution in [1.82, 2.24) is 4.90 Å². The molecule has 29 heavy (non-hydrogen) atoms. The van der Waals surface area contributed by atoms with Crippen LogP contribution < -0.4 is 0 Å². The number of rotatable bonds is 4. The summed E-state index contributed by atoms with van der Waals surface area (Å²) in [5.41, 5.74) is 2.13. The molecule has 0 radical (unpaired) electrons. The van der Waals surface area contributed by atoms with Crippen LogP contribution in [-0.2, 0) is 6.42 Å². The normalized spacial score (nSPS) is 17.6. The zero-order valence-electron chi connectivity index (χ0n) is 15.8. The number of fused-ring (bicyclic) bond motifs is 2. The Morgan fingerprint density at radius 3 is 2.41 bits per heavy atom. The summed E-state index contributed by atoms with van der Waals surface area (Å²) in [6, 6.07) is 10.3. The van der Waals surface area contributed by atoms with Crippen LogP contribution >= 0.6 is 11.8 Å². The largest absolute Gasteiger partial charge is 0.478 e. The minimum absolute atomic E-state index is 0.0511. The van der Waals surface area contributed by atoms with Gasteiger partial charge in [0.2, 0.25) is 10.2 Å². The Labute approximate surface area is 171 Å². The van der Waals surface area contributed by atoms with E-state index < -0.39 is 22.1 Å². The molecule has 148 valence electrons. The minimum Gasteiger partial charge on any atom is -0.478 e. The number of nitrogens with zero attached hydrogens (tertiary/aromatic N) is 1. The Bertz CT molecular complexity index is 1060. The molecule has 2 aromatic carbocycles. The first-order chi connectivity index (χ1) is 13.9. The second-order valence-electron chi connectivity index (χ2n) is 7.12. The van der Waals surface area contributed by atoms with Crippen molar-refractivity contribution in [3.63, 3.8) is 0 Å². The van der Waals surface area contributed by atoms with Crippen LogP contribution in [0, 0.1) is 0 Å². The summed E-state index contributed by atoms with van der Waals surface area (Å²) in [5.74, 6) is -1.74. The van der Waals surface area contributed by atoms with Gasteiger partial charge in [0, 0.05) is 17.7 Å². The van der Waals surface area contributed by atoms with Crippen LogP contribution in [-0.4, -0.2) is 38.7 Å². The van der Waals surface area contributed by atoms with Crippen molar-refractivity contribution in [3.8, 4) is 0 Å². The number of hydrogen-bond acceptors (Lipinski definition) is 5. The lowest BCUT2D eigenvalue weighted by atomic mass is 9.86. The van der Waals surface area contributed by atoms with Crippen LogP contribution in [0.1, 0.15) is 78.4 Å². The molecule has 0 fully saturated rings. The third kappa shape index (κ3) is 3.25. The third-order valence-electron chi connectivity index (χ3n) is 5.56. The van der Waals surface area contributed by atoms with E-state index in [1.54, 1.807) is 4.90 Å². The monoisotopic (exact) mass is 409 g/mol. The van der Waals surface area contributed by atoms with Crippen molar-refractivity contribution >= 4 is 33.9 Å². The molecule has 0 saturated heterocycles. The number of hydrogen-bond donors (Lipinski definition) is 1. The molecule has 0 aromatic heterocycles. The quantitative estimate of drug-likeness (QED) is 0.822. The summed E-state index contributed by atoms with van der Waals surface area (Å²) in [4.78, 5) is 51.0. The topological polar surface area (TPSA) is 91.8 Å². The average molecular weight is 409 g/mol. The highest BCUT2D eigenvalue weighted by molar-refractivity contribution is 8.27. The van der Waals surface area contributed by atoms with Crippen molar-refractivity contribution < 1.29 is 24.3 Å². The van der Waals surface area contributed by atoms with Crippen LogP contribution in [0.25, 0.3) is 0 Å². The molecule has 2 aliphatic rings. The van der Waals surface area contributed by atoms with E-state index in [1.807, 2.05) is 25.1 Å². The molecule has 2 aromatic rings. The number of carboxylic acids is 1. The lowest BCUT2D eigenvalue weighted by Crippen LogP contribution is -2.37. The number of amides is 1. The van der Waals surface area contributed by atoms with E-state index in [0.717, 1.165) is 30.9 Å². The van der Waals surface area contributed by atoms with Crippen LogP contribution in [0.4, 0.5) is 0 Å². The molecular weight excluding hydrogens is 390 g/mol. The smallest absolute Gasteiger partial charge is 0.336 e. The number of carboxylic acid groups (broad SMARTS) is 1. The second kappa shape index (κ2) is 7.48. The van der Waals surface area contributed by atoms with Crippen LogP contribution in [0.3, 0.4) is 0 Å². The van der Waals surface area contributed by atoms with Gasteiger partial charge in [0.1, 0.15) is 0 Å². The van der Waals surface area contributed by atoms with Gasteiger partial charge in [-0.1, -0.05) is 24.3 Å².